The van der Waals surface area contributed by atoms with Crippen LogP contribution in [0.5, 0.6) is 0 Å². The number of benzene rings is 1. The summed E-state index contributed by atoms with van der Waals surface area (Å²) in [5, 5.41) is 3.00. The molecule has 1 saturated heterocycles. The number of hydrogen-bond donors (Lipinski definition) is 1. The smallest absolute Gasteiger partial charge is 0.230 e. The van der Waals surface area contributed by atoms with Crippen LogP contribution in [0.3, 0.4) is 0 Å². The Morgan fingerprint density at radius 1 is 1.16 bits per heavy atom. The summed E-state index contributed by atoms with van der Waals surface area (Å²) in [6, 6.07) is 5.93. The van der Waals surface area contributed by atoms with E-state index in [-0.39, 0.29) is 23.8 Å². The Morgan fingerprint density at radius 3 is 2.80 bits per heavy atom. The molecular weight excluding hydrogens is 316 g/mol. The lowest BCUT2D eigenvalue weighted by molar-refractivity contribution is -0.120. The van der Waals surface area contributed by atoms with Gasteiger partial charge in [0.05, 0.1) is 12.5 Å². The number of fused-ring (bicyclic) bond motifs is 1. The van der Waals surface area contributed by atoms with Gasteiger partial charge in [-0.1, -0.05) is 0 Å². The molecule has 2 aliphatic heterocycles. The Labute approximate surface area is 148 Å². The van der Waals surface area contributed by atoms with Gasteiger partial charge in [-0.25, -0.2) is 0 Å². The SMILES string of the molecule is O=C(CC1CCCCO1)Nc1ccc2c(c1)CCCN2C(=O)C1CC1. The predicted octanol–water partition coefficient (Wildman–Crippen LogP) is 3.27. The van der Waals surface area contributed by atoms with Crippen LogP contribution in [0.25, 0.3) is 0 Å². The monoisotopic (exact) mass is 342 g/mol. The van der Waals surface area contributed by atoms with Crippen molar-refractivity contribution in [2.24, 2.45) is 5.92 Å². The van der Waals surface area contributed by atoms with Crippen molar-refractivity contribution in [1.29, 1.82) is 0 Å². The molecule has 0 bridgehead atoms. The van der Waals surface area contributed by atoms with Gasteiger partial charge in [0.1, 0.15) is 0 Å². The van der Waals surface area contributed by atoms with Gasteiger partial charge in [0.15, 0.2) is 0 Å². The van der Waals surface area contributed by atoms with Gasteiger partial charge in [0, 0.05) is 30.4 Å². The second-order valence-corrected chi connectivity index (χ2v) is 7.45. The van der Waals surface area contributed by atoms with Gasteiger partial charge in [-0.2, -0.15) is 0 Å². The number of carbonyl (C=O) groups excluding carboxylic acids is 2. The lowest BCUT2D eigenvalue weighted by atomic mass is 10.00. The van der Waals surface area contributed by atoms with Gasteiger partial charge < -0.3 is 15.0 Å². The average molecular weight is 342 g/mol. The highest BCUT2D eigenvalue weighted by Gasteiger charge is 2.35. The fraction of sp³-hybridized carbons (Fsp3) is 0.600. The summed E-state index contributed by atoms with van der Waals surface area (Å²) in [7, 11) is 0. The Bertz CT molecular complexity index is 663. The molecule has 1 aromatic carbocycles. The Balaban J connectivity index is 1.41. The number of hydrogen-bond acceptors (Lipinski definition) is 3. The zero-order valence-corrected chi connectivity index (χ0v) is 14.6. The topological polar surface area (TPSA) is 58.6 Å². The molecule has 2 fully saturated rings. The van der Waals surface area contributed by atoms with E-state index in [4.69, 9.17) is 4.74 Å². The highest BCUT2D eigenvalue weighted by Crippen LogP contribution is 2.36. The summed E-state index contributed by atoms with van der Waals surface area (Å²) in [6.07, 6.45) is 7.68. The fourth-order valence-electron chi connectivity index (χ4n) is 3.84. The first kappa shape index (κ1) is 16.6. The second kappa shape index (κ2) is 7.16. The number of aryl methyl sites for hydroxylation is 1. The van der Waals surface area contributed by atoms with Crippen LogP contribution in [-0.2, 0) is 20.7 Å². The lowest BCUT2D eigenvalue weighted by Gasteiger charge is -2.30. The standard InChI is InChI=1S/C20H26N2O3/c23-19(13-17-5-1-2-11-25-17)21-16-8-9-18-15(12-16)4-3-10-22(18)20(24)14-6-7-14/h8-9,12,14,17H,1-7,10-11,13H2,(H,21,23). The highest BCUT2D eigenvalue weighted by molar-refractivity contribution is 5.98. The van der Waals surface area contributed by atoms with Crippen molar-refractivity contribution in [2.75, 3.05) is 23.4 Å². The molecule has 0 spiro atoms. The minimum Gasteiger partial charge on any atom is -0.378 e. The third kappa shape index (κ3) is 3.87. The zero-order valence-electron chi connectivity index (χ0n) is 14.6. The van der Waals surface area contributed by atoms with E-state index >= 15 is 0 Å². The maximum absolute atomic E-state index is 12.4. The van der Waals surface area contributed by atoms with Crippen LogP contribution in [0.4, 0.5) is 11.4 Å². The minimum atomic E-state index is 0.00794. The number of ether oxygens (including phenoxy) is 1. The fourth-order valence-corrected chi connectivity index (χ4v) is 3.84. The summed E-state index contributed by atoms with van der Waals surface area (Å²) >= 11 is 0. The summed E-state index contributed by atoms with van der Waals surface area (Å²) in [4.78, 5) is 26.7. The molecule has 3 aliphatic rings. The van der Waals surface area contributed by atoms with E-state index in [1.54, 1.807) is 0 Å². The highest BCUT2D eigenvalue weighted by atomic mass is 16.5. The van der Waals surface area contributed by atoms with Gasteiger partial charge in [-0.3, -0.25) is 9.59 Å². The van der Waals surface area contributed by atoms with Crippen LogP contribution < -0.4 is 10.2 Å². The first-order valence-electron chi connectivity index (χ1n) is 9.56. The molecule has 5 nitrogen and oxygen atoms in total. The second-order valence-electron chi connectivity index (χ2n) is 7.45. The van der Waals surface area contributed by atoms with E-state index in [0.29, 0.717) is 6.42 Å². The van der Waals surface area contributed by atoms with Gasteiger partial charge >= 0.3 is 0 Å². The molecule has 1 saturated carbocycles. The maximum Gasteiger partial charge on any atom is 0.230 e. The van der Waals surface area contributed by atoms with Crippen molar-refractivity contribution in [2.45, 2.75) is 57.5 Å². The summed E-state index contributed by atoms with van der Waals surface area (Å²) in [6.45, 7) is 1.58. The zero-order chi connectivity index (χ0) is 17.2. The number of amides is 2. The van der Waals surface area contributed by atoms with E-state index in [1.807, 2.05) is 23.1 Å². The van der Waals surface area contributed by atoms with E-state index < -0.39 is 0 Å². The molecule has 4 rings (SSSR count). The largest absolute Gasteiger partial charge is 0.378 e. The quantitative estimate of drug-likeness (QED) is 0.913. The number of rotatable bonds is 4. The summed E-state index contributed by atoms with van der Waals surface area (Å²) in [5.74, 6) is 0.515. The van der Waals surface area contributed by atoms with E-state index in [9.17, 15) is 9.59 Å². The van der Waals surface area contributed by atoms with Crippen LogP contribution >= 0.6 is 0 Å². The van der Waals surface area contributed by atoms with Gasteiger partial charge in [-0.15, -0.1) is 0 Å². The summed E-state index contributed by atoms with van der Waals surface area (Å²) in [5.41, 5.74) is 3.00. The molecule has 2 heterocycles. The molecule has 1 unspecified atom stereocenters. The molecule has 134 valence electrons. The first-order valence-corrected chi connectivity index (χ1v) is 9.56. The van der Waals surface area contributed by atoms with Gasteiger partial charge in [0.25, 0.3) is 0 Å². The van der Waals surface area contributed by atoms with Crippen molar-refractivity contribution < 1.29 is 14.3 Å². The van der Waals surface area contributed by atoms with Crippen molar-refractivity contribution in [3.05, 3.63) is 23.8 Å². The Kier molecular flexibility index (Phi) is 4.75. The molecule has 0 radical (unpaired) electrons. The van der Waals surface area contributed by atoms with Crippen molar-refractivity contribution in [1.82, 2.24) is 0 Å². The molecule has 25 heavy (non-hydrogen) atoms. The van der Waals surface area contributed by atoms with Crippen molar-refractivity contribution >= 4 is 23.2 Å². The lowest BCUT2D eigenvalue weighted by Crippen LogP contribution is -2.36. The Morgan fingerprint density at radius 2 is 2.04 bits per heavy atom. The average Bonchev–Trinajstić information content (AvgIpc) is 3.46. The number of nitrogens with one attached hydrogen (secondary N) is 1. The van der Waals surface area contributed by atoms with E-state index in [0.717, 1.165) is 75.0 Å². The first-order chi connectivity index (χ1) is 12.2. The molecule has 5 heteroatoms. The van der Waals surface area contributed by atoms with Crippen molar-refractivity contribution in [3.8, 4) is 0 Å². The predicted molar refractivity (Wildman–Crippen MR) is 96.7 cm³/mol. The molecule has 1 aliphatic carbocycles. The van der Waals surface area contributed by atoms with Crippen LogP contribution in [0.1, 0.15) is 50.5 Å². The molecule has 1 atom stereocenters. The van der Waals surface area contributed by atoms with Crippen LogP contribution in [-0.4, -0.2) is 31.1 Å². The van der Waals surface area contributed by atoms with Gasteiger partial charge in [0.2, 0.25) is 11.8 Å². The van der Waals surface area contributed by atoms with Crippen LogP contribution in [0.2, 0.25) is 0 Å². The maximum atomic E-state index is 12.4. The third-order valence-corrected chi connectivity index (χ3v) is 5.36. The van der Waals surface area contributed by atoms with Crippen LogP contribution in [0.15, 0.2) is 18.2 Å². The third-order valence-electron chi connectivity index (χ3n) is 5.36. The minimum absolute atomic E-state index is 0.00794. The summed E-state index contributed by atoms with van der Waals surface area (Å²) < 4.78 is 5.64. The molecule has 2 amide bonds. The number of carbonyl (C=O) groups is 2. The molecular formula is C20H26N2O3. The number of nitrogens with zero attached hydrogens (tertiary/aromatic N) is 1. The number of anilines is 2. The van der Waals surface area contributed by atoms with E-state index in [1.165, 1.54) is 0 Å². The Hall–Kier alpha value is -1.88. The van der Waals surface area contributed by atoms with Gasteiger partial charge in [-0.05, 0) is 68.7 Å². The molecule has 1 aromatic rings. The molecule has 1 N–H and O–H groups in total. The van der Waals surface area contributed by atoms with E-state index in [2.05, 4.69) is 5.32 Å². The van der Waals surface area contributed by atoms with Crippen molar-refractivity contribution in [3.63, 3.8) is 0 Å². The molecule has 0 aromatic heterocycles. The normalized spacial score (nSPS) is 23.0. The van der Waals surface area contributed by atoms with Crippen LogP contribution in [0, 0.1) is 5.92 Å².